The van der Waals surface area contributed by atoms with Crippen LogP contribution in [0.2, 0.25) is 5.02 Å². The summed E-state index contributed by atoms with van der Waals surface area (Å²) in [6.07, 6.45) is 2.49. The highest BCUT2D eigenvalue weighted by atomic mass is 35.5. The Labute approximate surface area is 297 Å². The molecular formula is C35H46ClN5O8S. The maximum absolute atomic E-state index is 14.4. The van der Waals surface area contributed by atoms with E-state index in [1.54, 1.807) is 72.0 Å². The van der Waals surface area contributed by atoms with E-state index in [1.807, 2.05) is 0 Å². The average Bonchev–Trinajstić information content (AvgIpc) is 3.94. The van der Waals surface area contributed by atoms with Gasteiger partial charge in [-0.25, -0.2) is 18.2 Å². The molecule has 1 saturated heterocycles. The highest BCUT2D eigenvalue weighted by Crippen LogP contribution is 2.48. The van der Waals surface area contributed by atoms with Gasteiger partial charge in [0.2, 0.25) is 27.7 Å². The summed E-state index contributed by atoms with van der Waals surface area (Å²) in [4.78, 5) is 60.7. The zero-order valence-corrected chi connectivity index (χ0v) is 30.8. The molecule has 272 valence electrons. The van der Waals surface area contributed by atoms with E-state index in [2.05, 4.69) is 26.9 Å². The van der Waals surface area contributed by atoms with Crippen molar-refractivity contribution in [1.29, 1.82) is 0 Å². The maximum Gasteiger partial charge on any atom is 0.408 e. The van der Waals surface area contributed by atoms with Gasteiger partial charge in [0.05, 0.1) is 17.4 Å². The van der Waals surface area contributed by atoms with E-state index in [0.717, 1.165) is 0 Å². The van der Waals surface area contributed by atoms with Gasteiger partial charge in [-0.15, -0.1) is 6.58 Å². The minimum Gasteiger partial charge on any atom is -0.472 e. The Kier molecular flexibility index (Phi) is 10.2. The van der Waals surface area contributed by atoms with E-state index >= 15 is 0 Å². The molecule has 15 heteroatoms. The van der Waals surface area contributed by atoms with Gasteiger partial charge < -0.3 is 25.0 Å². The van der Waals surface area contributed by atoms with Crippen LogP contribution < -0.4 is 20.1 Å². The van der Waals surface area contributed by atoms with E-state index in [1.165, 1.54) is 11.0 Å². The summed E-state index contributed by atoms with van der Waals surface area (Å²) in [6, 6.07) is 4.80. The third-order valence-electron chi connectivity index (χ3n) is 9.86. The second-order valence-electron chi connectivity index (χ2n) is 14.8. The van der Waals surface area contributed by atoms with Crippen LogP contribution in [0, 0.1) is 11.3 Å². The Balaban J connectivity index is 1.44. The second-order valence-corrected chi connectivity index (χ2v) is 17.3. The fourth-order valence-corrected chi connectivity index (χ4v) is 8.46. The number of sulfonamides is 1. The van der Waals surface area contributed by atoms with Crippen LogP contribution in [0.5, 0.6) is 5.88 Å². The number of carbonyl (C=O) groups is 4. The monoisotopic (exact) mass is 731 g/mol. The number of fused-ring (bicyclic) bond motifs is 1. The molecule has 50 heavy (non-hydrogen) atoms. The van der Waals surface area contributed by atoms with Gasteiger partial charge in [-0.05, 0) is 63.1 Å². The van der Waals surface area contributed by atoms with E-state index in [-0.39, 0.29) is 25.3 Å². The normalized spacial score (nSPS) is 24.6. The molecule has 0 bridgehead atoms. The molecule has 3 N–H and O–H groups in total. The van der Waals surface area contributed by atoms with Gasteiger partial charge >= 0.3 is 6.09 Å². The number of carbonyl (C=O) groups excluding carboxylic acids is 4. The molecule has 5 rings (SSSR count). The molecule has 0 unspecified atom stereocenters. The lowest BCUT2D eigenvalue weighted by atomic mass is 9.85. The molecule has 2 saturated carbocycles. The van der Waals surface area contributed by atoms with Crippen molar-refractivity contribution in [2.45, 2.75) is 108 Å². The Morgan fingerprint density at radius 1 is 1.16 bits per heavy atom. The highest BCUT2D eigenvalue weighted by molar-refractivity contribution is 7.91. The summed E-state index contributed by atoms with van der Waals surface area (Å²) in [6.45, 7) is 14.2. The van der Waals surface area contributed by atoms with Gasteiger partial charge in [-0.2, -0.15) is 0 Å². The predicted molar refractivity (Wildman–Crippen MR) is 188 cm³/mol. The van der Waals surface area contributed by atoms with Crippen LogP contribution in [-0.4, -0.2) is 83.2 Å². The first-order valence-corrected chi connectivity index (χ1v) is 18.7. The third kappa shape index (κ3) is 7.27. The Morgan fingerprint density at radius 3 is 2.44 bits per heavy atom. The van der Waals surface area contributed by atoms with Crippen molar-refractivity contribution in [2.75, 3.05) is 6.54 Å². The van der Waals surface area contributed by atoms with Crippen molar-refractivity contribution in [3.05, 3.63) is 48.1 Å². The first kappa shape index (κ1) is 37.3. The zero-order valence-electron chi connectivity index (χ0n) is 29.2. The van der Waals surface area contributed by atoms with Crippen LogP contribution in [0.15, 0.2) is 43.1 Å². The molecule has 2 aliphatic carbocycles. The molecule has 0 spiro atoms. The topological polar surface area (TPSA) is 173 Å². The van der Waals surface area contributed by atoms with E-state index in [9.17, 15) is 27.6 Å². The summed E-state index contributed by atoms with van der Waals surface area (Å²) in [7, 11) is -4.00. The molecule has 2 heterocycles. The number of benzene rings is 1. The minimum atomic E-state index is -4.00. The number of hydrogen-bond donors (Lipinski definition) is 3. The lowest BCUT2D eigenvalue weighted by Gasteiger charge is -2.35. The molecular weight excluding hydrogens is 686 g/mol. The highest BCUT2D eigenvalue weighted by Gasteiger charge is 2.63. The molecule has 4 amide bonds. The fraction of sp³-hybridized carbons (Fsp3) is 0.571. The van der Waals surface area contributed by atoms with Crippen LogP contribution >= 0.6 is 11.6 Å². The van der Waals surface area contributed by atoms with Crippen LogP contribution in [0.3, 0.4) is 0 Å². The SMILES string of the molecule is C=C[C@@H]1C[C@]1(NC(=O)[C@@H]1C[C@@H](Oc2nccc3c(Cl)cccc23)CN1C(=O)[C@@H](NC(=O)OC(C)C)C(C)(C)C)C(=O)NS(=O)(=O)C1(CC)CC1. The van der Waals surface area contributed by atoms with Crippen molar-refractivity contribution in [3.63, 3.8) is 0 Å². The number of amides is 4. The summed E-state index contributed by atoms with van der Waals surface area (Å²) < 4.78 is 39.2. The molecule has 1 aliphatic heterocycles. The fourth-order valence-electron chi connectivity index (χ4n) is 6.56. The number of hydrogen-bond acceptors (Lipinski definition) is 9. The number of pyridine rings is 1. The Morgan fingerprint density at radius 2 is 1.86 bits per heavy atom. The quantitative estimate of drug-likeness (QED) is 0.270. The van der Waals surface area contributed by atoms with Crippen LogP contribution in [0.4, 0.5) is 4.79 Å². The molecule has 2 aromatic rings. The van der Waals surface area contributed by atoms with Gasteiger partial charge in [-0.3, -0.25) is 19.1 Å². The molecule has 3 aliphatic rings. The van der Waals surface area contributed by atoms with Crippen molar-refractivity contribution in [1.82, 2.24) is 25.2 Å². The third-order valence-corrected chi connectivity index (χ3v) is 12.5. The summed E-state index contributed by atoms with van der Waals surface area (Å²) in [5.41, 5.74) is -2.38. The Bertz CT molecular complexity index is 1810. The first-order valence-electron chi connectivity index (χ1n) is 16.9. The lowest BCUT2D eigenvalue weighted by molar-refractivity contribution is -0.142. The van der Waals surface area contributed by atoms with E-state index in [0.29, 0.717) is 35.1 Å². The second kappa shape index (κ2) is 13.7. The molecule has 1 aromatic carbocycles. The maximum atomic E-state index is 14.4. The summed E-state index contributed by atoms with van der Waals surface area (Å²) >= 11 is 6.41. The number of nitrogens with zero attached hydrogens (tertiary/aromatic N) is 2. The van der Waals surface area contributed by atoms with Gasteiger partial charge in [0.1, 0.15) is 23.7 Å². The average molecular weight is 732 g/mol. The molecule has 1 aromatic heterocycles. The number of halogens is 1. The predicted octanol–water partition coefficient (Wildman–Crippen LogP) is 4.24. The molecule has 5 atom stereocenters. The standard InChI is InChI=1S/C35H46ClN5O8S/c1-8-21-18-35(21,31(44)40-50(46,47)34(9-2)14-15-34)39-28(42)26-17-22(49-29-24-11-10-12-25(36)23(24)13-16-37-29)19-41(26)30(43)27(33(5,6)7)38-32(45)48-20(3)4/h8,10-13,16,20-22,26-27H,1,9,14-15,17-19H2,2-7H3,(H,38,45)(H,39,42)(H,40,44)/t21-,22-,26+,27-,35-/m1/s1. The van der Waals surface area contributed by atoms with E-state index < -0.39 is 79.7 Å². The van der Waals surface area contributed by atoms with Gasteiger partial charge in [0.15, 0.2) is 0 Å². The largest absolute Gasteiger partial charge is 0.472 e. The van der Waals surface area contributed by atoms with Crippen LogP contribution in [0.1, 0.15) is 73.6 Å². The van der Waals surface area contributed by atoms with Crippen LogP contribution in [0.25, 0.3) is 10.8 Å². The van der Waals surface area contributed by atoms with Crippen molar-refractivity contribution in [2.24, 2.45) is 11.3 Å². The number of ether oxygens (including phenoxy) is 2. The van der Waals surface area contributed by atoms with Crippen LogP contribution in [-0.2, 0) is 29.1 Å². The smallest absolute Gasteiger partial charge is 0.408 e. The lowest BCUT2D eigenvalue weighted by Crippen LogP contribution is -2.60. The van der Waals surface area contributed by atoms with Gasteiger partial charge in [0, 0.05) is 34.3 Å². The number of alkyl carbamates (subject to hydrolysis) is 1. The molecule has 3 fully saturated rings. The summed E-state index contributed by atoms with van der Waals surface area (Å²) in [5.74, 6) is -2.36. The minimum absolute atomic E-state index is 0.0111. The number of nitrogens with one attached hydrogen (secondary N) is 3. The first-order chi connectivity index (χ1) is 23.4. The molecule has 13 nitrogen and oxygen atoms in total. The number of likely N-dealkylation sites (tertiary alicyclic amines) is 1. The van der Waals surface area contributed by atoms with Crippen molar-refractivity contribution >= 4 is 56.2 Å². The van der Waals surface area contributed by atoms with Gasteiger partial charge in [-0.1, -0.05) is 51.4 Å². The van der Waals surface area contributed by atoms with Crippen molar-refractivity contribution < 1.29 is 37.1 Å². The van der Waals surface area contributed by atoms with Crippen molar-refractivity contribution in [3.8, 4) is 5.88 Å². The number of rotatable bonds is 12. The summed E-state index contributed by atoms with van der Waals surface area (Å²) in [5, 5.41) is 7.31. The zero-order chi connectivity index (χ0) is 36.8. The van der Waals surface area contributed by atoms with E-state index in [4.69, 9.17) is 21.1 Å². The number of aromatic nitrogens is 1. The Hall–Kier alpha value is -3.91. The molecule has 0 radical (unpaired) electrons. The van der Waals surface area contributed by atoms with Gasteiger partial charge in [0.25, 0.3) is 5.91 Å².